The van der Waals surface area contributed by atoms with E-state index in [1.54, 1.807) is 5.32 Å². The number of carbonyl (C=O) groups is 2. The molecule has 0 aromatic rings. The number of urea groups is 1. The van der Waals surface area contributed by atoms with Crippen molar-refractivity contribution in [1.82, 2.24) is 10.6 Å². The first-order valence-electron chi connectivity index (χ1n) is 6.04. The van der Waals surface area contributed by atoms with Crippen molar-refractivity contribution in [3.63, 3.8) is 0 Å². The topological polar surface area (TPSA) is 78.4 Å². The number of rotatable bonds is 8. The van der Waals surface area contributed by atoms with Gasteiger partial charge in [-0.3, -0.25) is 4.79 Å². The Bertz CT molecular complexity index is 295. The van der Waals surface area contributed by atoms with Crippen LogP contribution in [0.5, 0.6) is 0 Å². The molecule has 5 nitrogen and oxygen atoms in total. The zero-order valence-corrected chi connectivity index (χ0v) is 10.7. The van der Waals surface area contributed by atoms with Gasteiger partial charge in [-0.1, -0.05) is 13.3 Å². The highest BCUT2D eigenvalue weighted by Gasteiger charge is 2.27. The number of amides is 2. The molecule has 3 N–H and O–H groups in total. The fraction of sp³-hybridized carbons (Fsp3) is 0.818. The molecule has 0 aromatic heterocycles. The maximum absolute atomic E-state index is 11.8. The zero-order valence-electron chi connectivity index (χ0n) is 10.7. The van der Waals surface area contributed by atoms with E-state index in [4.69, 9.17) is 5.11 Å². The van der Waals surface area contributed by atoms with Gasteiger partial charge < -0.3 is 15.7 Å². The molecule has 0 aliphatic rings. The summed E-state index contributed by atoms with van der Waals surface area (Å²) in [5.41, 5.74) is 0. The highest BCUT2D eigenvalue weighted by molar-refractivity contribution is 5.73. The second-order valence-corrected chi connectivity index (χ2v) is 4.22. The van der Waals surface area contributed by atoms with Gasteiger partial charge in [-0.25, -0.2) is 4.79 Å². The van der Waals surface area contributed by atoms with E-state index >= 15 is 0 Å². The van der Waals surface area contributed by atoms with Gasteiger partial charge in [0.15, 0.2) is 0 Å². The summed E-state index contributed by atoms with van der Waals surface area (Å²) in [7, 11) is 0. The maximum atomic E-state index is 11.8. The molecule has 1 unspecified atom stereocenters. The van der Waals surface area contributed by atoms with Crippen molar-refractivity contribution in [3.8, 4) is 0 Å². The van der Waals surface area contributed by atoms with Crippen LogP contribution in [-0.2, 0) is 4.79 Å². The number of carbonyl (C=O) groups excluding carboxylic acids is 1. The third kappa shape index (κ3) is 11.4. The molecule has 1 atom stereocenters. The van der Waals surface area contributed by atoms with Gasteiger partial charge in [0.25, 0.3) is 0 Å². The van der Waals surface area contributed by atoms with Crippen LogP contribution in [-0.4, -0.2) is 36.4 Å². The lowest BCUT2D eigenvalue weighted by Crippen LogP contribution is -2.41. The molecular weight excluding hydrogens is 265 g/mol. The van der Waals surface area contributed by atoms with E-state index in [0.29, 0.717) is 12.8 Å². The Morgan fingerprint density at radius 2 is 1.84 bits per heavy atom. The average Bonchev–Trinajstić information content (AvgIpc) is 2.29. The molecule has 2 amide bonds. The first kappa shape index (κ1) is 17.5. The van der Waals surface area contributed by atoms with E-state index in [1.807, 2.05) is 6.92 Å². The summed E-state index contributed by atoms with van der Waals surface area (Å²) in [5.74, 6) is -0.742. The van der Waals surface area contributed by atoms with Crippen molar-refractivity contribution in [3.05, 3.63) is 0 Å². The van der Waals surface area contributed by atoms with Crippen LogP contribution in [0.1, 0.15) is 32.6 Å². The highest BCUT2D eigenvalue weighted by Crippen LogP contribution is 2.14. The van der Waals surface area contributed by atoms with Crippen LogP contribution in [0.25, 0.3) is 0 Å². The standard InChI is InChI=1S/C11H19F3N2O3/c1-2-8(3-4-9(17)18)5-6-15-10(19)16-7-11(12,13)14/h8H,2-7H2,1H3,(H,17,18)(H2,15,16,19). The summed E-state index contributed by atoms with van der Waals surface area (Å²) in [5, 5.41) is 12.5. The normalized spacial score (nSPS) is 12.8. The SMILES string of the molecule is CCC(CCNC(=O)NCC(F)(F)F)CCC(=O)O. The lowest BCUT2D eigenvalue weighted by Gasteiger charge is -2.14. The fourth-order valence-electron chi connectivity index (χ4n) is 1.51. The van der Waals surface area contributed by atoms with Gasteiger partial charge in [0.1, 0.15) is 6.54 Å². The van der Waals surface area contributed by atoms with Crippen LogP contribution < -0.4 is 10.6 Å². The minimum Gasteiger partial charge on any atom is -0.481 e. The second-order valence-electron chi connectivity index (χ2n) is 4.22. The van der Waals surface area contributed by atoms with Crippen molar-refractivity contribution in [1.29, 1.82) is 0 Å². The largest absolute Gasteiger partial charge is 0.481 e. The van der Waals surface area contributed by atoms with Crippen LogP contribution in [0.3, 0.4) is 0 Å². The van der Waals surface area contributed by atoms with Crippen LogP contribution in [0.4, 0.5) is 18.0 Å². The van der Waals surface area contributed by atoms with Crippen molar-refractivity contribution < 1.29 is 27.9 Å². The van der Waals surface area contributed by atoms with Gasteiger partial charge in [0, 0.05) is 13.0 Å². The van der Waals surface area contributed by atoms with Gasteiger partial charge in [0.05, 0.1) is 0 Å². The Balaban J connectivity index is 3.75. The lowest BCUT2D eigenvalue weighted by atomic mass is 9.97. The van der Waals surface area contributed by atoms with Gasteiger partial charge in [-0.15, -0.1) is 0 Å². The molecule has 19 heavy (non-hydrogen) atoms. The Kier molecular flexibility index (Phi) is 7.94. The number of nitrogens with one attached hydrogen (secondary N) is 2. The van der Waals surface area contributed by atoms with E-state index in [2.05, 4.69) is 5.32 Å². The minimum absolute atomic E-state index is 0.0543. The molecule has 0 rings (SSSR count). The second kappa shape index (κ2) is 8.60. The van der Waals surface area contributed by atoms with E-state index < -0.39 is 24.7 Å². The van der Waals surface area contributed by atoms with E-state index in [-0.39, 0.29) is 18.9 Å². The summed E-state index contributed by atoms with van der Waals surface area (Å²) in [6.45, 7) is 0.757. The molecule has 0 saturated carbocycles. The number of halogens is 3. The Morgan fingerprint density at radius 1 is 1.21 bits per heavy atom. The average molecular weight is 284 g/mol. The third-order valence-corrected chi connectivity index (χ3v) is 2.63. The molecule has 0 aliphatic carbocycles. The van der Waals surface area contributed by atoms with Crippen LogP contribution >= 0.6 is 0 Å². The molecule has 0 heterocycles. The summed E-state index contributed by atoms with van der Waals surface area (Å²) in [4.78, 5) is 21.4. The van der Waals surface area contributed by atoms with Crippen molar-refractivity contribution in [2.45, 2.75) is 38.8 Å². The van der Waals surface area contributed by atoms with E-state index in [1.165, 1.54) is 0 Å². The highest BCUT2D eigenvalue weighted by atomic mass is 19.4. The predicted octanol–water partition coefficient (Wildman–Crippen LogP) is 2.13. The molecule has 0 aromatic carbocycles. The lowest BCUT2D eigenvalue weighted by molar-refractivity contribution is -0.137. The Labute approximate surface area is 109 Å². The van der Waals surface area contributed by atoms with E-state index in [0.717, 1.165) is 6.42 Å². The summed E-state index contributed by atoms with van der Waals surface area (Å²) >= 11 is 0. The van der Waals surface area contributed by atoms with Crippen LogP contribution in [0.2, 0.25) is 0 Å². The molecular formula is C11H19F3N2O3. The summed E-state index contributed by atoms with van der Waals surface area (Å²) < 4.78 is 35.4. The quantitative estimate of drug-likeness (QED) is 0.639. The molecule has 0 spiro atoms. The monoisotopic (exact) mass is 284 g/mol. The van der Waals surface area contributed by atoms with Gasteiger partial charge in [0.2, 0.25) is 0 Å². The Morgan fingerprint density at radius 3 is 2.32 bits per heavy atom. The van der Waals surface area contributed by atoms with Crippen molar-refractivity contribution in [2.24, 2.45) is 5.92 Å². The number of carboxylic acid groups (broad SMARTS) is 1. The molecule has 0 aliphatic heterocycles. The Hall–Kier alpha value is -1.47. The van der Waals surface area contributed by atoms with Gasteiger partial charge in [-0.2, -0.15) is 13.2 Å². The zero-order chi connectivity index (χ0) is 14.9. The fourth-order valence-corrected chi connectivity index (χ4v) is 1.51. The van der Waals surface area contributed by atoms with Crippen molar-refractivity contribution in [2.75, 3.05) is 13.1 Å². The minimum atomic E-state index is -4.43. The van der Waals surface area contributed by atoms with E-state index in [9.17, 15) is 22.8 Å². The molecule has 0 saturated heterocycles. The first-order chi connectivity index (χ1) is 8.74. The first-order valence-corrected chi connectivity index (χ1v) is 6.04. The number of hydrogen-bond acceptors (Lipinski definition) is 2. The predicted molar refractivity (Wildman–Crippen MR) is 62.7 cm³/mol. The number of hydrogen-bond donors (Lipinski definition) is 3. The summed E-state index contributed by atoms with van der Waals surface area (Å²) in [6.07, 6.45) is -2.57. The molecule has 0 bridgehead atoms. The molecule has 0 fully saturated rings. The number of aliphatic carboxylic acids is 1. The smallest absolute Gasteiger partial charge is 0.405 e. The molecule has 0 radical (unpaired) electrons. The molecule has 8 heteroatoms. The van der Waals surface area contributed by atoms with Crippen LogP contribution in [0, 0.1) is 5.92 Å². The number of carboxylic acids is 1. The summed E-state index contributed by atoms with van der Waals surface area (Å²) in [6, 6.07) is -0.870. The van der Waals surface area contributed by atoms with Gasteiger partial charge >= 0.3 is 18.2 Å². The number of alkyl halides is 3. The molecule has 112 valence electrons. The third-order valence-electron chi connectivity index (χ3n) is 2.63. The van der Waals surface area contributed by atoms with Gasteiger partial charge in [-0.05, 0) is 18.8 Å². The van der Waals surface area contributed by atoms with Crippen molar-refractivity contribution >= 4 is 12.0 Å². The maximum Gasteiger partial charge on any atom is 0.405 e. The van der Waals surface area contributed by atoms with Crippen LogP contribution in [0.15, 0.2) is 0 Å².